The van der Waals surface area contributed by atoms with E-state index in [9.17, 15) is 4.79 Å². The van der Waals surface area contributed by atoms with Crippen molar-refractivity contribution in [2.45, 2.75) is 32.6 Å². The van der Waals surface area contributed by atoms with Crippen LogP contribution in [-0.4, -0.2) is 22.6 Å². The van der Waals surface area contributed by atoms with Gasteiger partial charge in [-0.05, 0) is 36.5 Å². The average Bonchev–Trinajstić information content (AvgIpc) is 2.88. The van der Waals surface area contributed by atoms with E-state index in [0.29, 0.717) is 23.0 Å². The number of carboxylic acid groups (broad SMARTS) is 1. The summed E-state index contributed by atoms with van der Waals surface area (Å²) in [5.41, 5.74) is 1.40. The Balaban J connectivity index is 1.71. The van der Waals surface area contributed by atoms with Crippen molar-refractivity contribution in [1.29, 1.82) is 0 Å². The summed E-state index contributed by atoms with van der Waals surface area (Å²) in [4.78, 5) is 15.3. The largest absolute Gasteiger partial charge is 0.478 e. The molecule has 3 rings (SSSR count). The Labute approximate surface area is 123 Å². The van der Waals surface area contributed by atoms with Crippen molar-refractivity contribution in [3.8, 4) is 0 Å². The highest BCUT2D eigenvalue weighted by Gasteiger charge is 2.21. The van der Waals surface area contributed by atoms with Gasteiger partial charge in [0.25, 0.3) is 6.01 Å². The summed E-state index contributed by atoms with van der Waals surface area (Å²) in [6.45, 7) is 3.16. The van der Waals surface area contributed by atoms with Gasteiger partial charge < -0.3 is 14.8 Å². The Morgan fingerprint density at radius 2 is 2.24 bits per heavy atom. The lowest BCUT2D eigenvalue weighted by Crippen LogP contribution is -2.24. The fourth-order valence-corrected chi connectivity index (χ4v) is 3.05. The fraction of sp³-hybridized carbons (Fsp3) is 0.500. The van der Waals surface area contributed by atoms with Crippen molar-refractivity contribution < 1.29 is 14.3 Å². The highest BCUT2D eigenvalue weighted by molar-refractivity contribution is 5.92. The molecule has 1 heterocycles. The van der Waals surface area contributed by atoms with E-state index in [1.54, 1.807) is 12.1 Å². The van der Waals surface area contributed by atoms with Crippen LogP contribution in [0.2, 0.25) is 0 Å². The molecule has 0 radical (unpaired) electrons. The van der Waals surface area contributed by atoms with E-state index in [1.165, 1.54) is 31.7 Å². The second-order valence-corrected chi connectivity index (χ2v) is 5.91. The number of nitrogens with one attached hydrogen (secondary N) is 1. The zero-order valence-corrected chi connectivity index (χ0v) is 12.1. The molecular formula is C16H20N2O3. The summed E-state index contributed by atoms with van der Waals surface area (Å²) in [7, 11) is 0. The Bertz CT molecular complexity index is 650. The van der Waals surface area contributed by atoms with Gasteiger partial charge in [-0.3, -0.25) is 0 Å². The number of fused-ring (bicyclic) bond motifs is 1. The van der Waals surface area contributed by atoms with Crippen LogP contribution in [0.25, 0.3) is 11.1 Å². The molecule has 5 nitrogen and oxygen atoms in total. The molecule has 1 aromatic heterocycles. The maximum Gasteiger partial charge on any atom is 0.335 e. The minimum atomic E-state index is -0.959. The lowest BCUT2D eigenvalue weighted by molar-refractivity contribution is 0.0697. The number of nitrogens with zero attached hydrogens (tertiary/aromatic N) is 1. The number of oxazole rings is 1. The number of anilines is 1. The molecule has 1 fully saturated rings. The van der Waals surface area contributed by atoms with Gasteiger partial charge in [0.2, 0.25) is 0 Å². The molecule has 0 aliphatic heterocycles. The van der Waals surface area contributed by atoms with E-state index in [2.05, 4.69) is 17.2 Å². The number of hydrogen-bond donors (Lipinski definition) is 2. The van der Waals surface area contributed by atoms with Crippen LogP contribution >= 0.6 is 0 Å². The molecule has 2 aromatic rings. The first-order chi connectivity index (χ1) is 10.1. The van der Waals surface area contributed by atoms with Crippen LogP contribution in [0.3, 0.4) is 0 Å². The Morgan fingerprint density at radius 3 is 3.00 bits per heavy atom. The third kappa shape index (κ3) is 3.01. The summed E-state index contributed by atoms with van der Waals surface area (Å²) in [5, 5.41) is 12.2. The molecule has 2 N–H and O–H groups in total. The topological polar surface area (TPSA) is 75.4 Å². The van der Waals surface area contributed by atoms with E-state index in [-0.39, 0.29) is 5.56 Å². The number of carboxylic acids is 1. The number of aromatic nitrogens is 1. The number of hydrogen-bond acceptors (Lipinski definition) is 4. The van der Waals surface area contributed by atoms with Gasteiger partial charge in [0.05, 0.1) is 5.56 Å². The van der Waals surface area contributed by atoms with Crippen molar-refractivity contribution in [2.75, 3.05) is 11.9 Å². The Morgan fingerprint density at radius 1 is 1.43 bits per heavy atom. The Kier molecular flexibility index (Phi) is 3.82. The molecule has 0 amide bonds. The monoisotopic (exact) mass is 288 g/mol. The number of rotatable bonds is 4. The SMILES string of the molecule is CC1CCCCC1CNc1nc2ccc(C(=O)O)cc2o1. The lowest BCUT2D eigenvalue weighted by Gasteiger charge is -2.28. The van der Waals surface area contributed by atoms with Crippen LogP contribution in [0.15, 0.2) is 22.6 Å². The Hall–Kier alpha value is -2.04. The molecule has 1 aliphatic rings. The molecule has 5 heteroatoms. The first kappa shape index (κ1) is 13.9. The number of benzene rings is 1. The van der Waals surface area contributed by atoms with E-state index < -0.39 is 5.97 Å². The molecule has 1 aliphatic carbocycles. The maximum atomic E-state index is 10.9. The summed E-state index contributed by atoms with van der Waals surface area (Å²) < 4.78 is 5.60. The summed E-state index contributed by atoms with van der Waals surface area (Å²) in [6.07, 6.45) is 5.17. The zero-order valence-electron chi connectivity index (χ0n) is 12.1. The highest BCUT2D eigenvalue weighted by atomic mass is 16.4. The minimum Gasteiger partial charge on any atom is -0.478 e. The van der Waals surface area contributed by atoms with Gasteiger partial charge in [-0.2, -0.15) is 4.98 Å². The van der Waals surface area contributed by atoms with Gasteiger partial charge in [-0.15, -0.1) is 0 Å². The third-order valence-electron chi connectivity index (χ3n) is 4.44. The van der Waals surface area contributed by atoms with Crippen LogP contribution in [0, 0.1) is 11.8 Å². The standard InChI is InChI=1S/C16H20N2O3/c1-10-4-2-3-5-12(10)9-17-16-18-13-7-6-11(15(19)20)8-14(13)21-16/h6-8,10,12H,2-5,9H2,1H3,(H,17,18)(H,19,20). The van der Waals surface area contributed by atoms with E-state index in [0.717, 1.165) is 12.5 Å². The van der Waals surface area contributed by atoms with Crippen LogP contribution in [0.5, 0.6) is 0 Å². The molecule has 112 valence electrons. The highest BCUT2D eigenvalue weighted by Crippen LogP contribution is 2.30. The van der Waals surface area contributed by atoms with E-state index in [4.69, 9.17) is 9.52 Å². The smallest absolute Gasteiger partial charge is 0.335 e. The van der Waals surface area contributed by atoms with Gasteiger partial charge in [0.15, 0.2) is 5.58 Å². The van der Waals surface area contributed by atoms with Crippen molar-refractivity contribution >= 4 is 23.1 Å². The molecule has 1 aromatic carbocycles. The summed E-state index contributed by atoms with van der Waals surface area (Å²) in [5.74, 6) is 0.427. The van der Waals surface area contributed by atoms with Crippen LogP contribution in [0.1, 0.15) is 43.0 Å². The van der Waals surface area contributed by atoms with Gasteiger partial charge in [0.1, 0.15) is 5.52 Å². The molecule has 2 atom stereocenters. The summed E-state index contributed by atoms with van der Waals surface area (Å²) >= 11 is 0. The van der Waals surface area contributed by atoms with Gasteiger partial charge in [0, 0.05) is 6.54 Å². The van der Waals surface area contributed by atoms with E-state index in [1.807, 2.05) is 0 Å². The molecular weight excluding hydrogens is 268 g/mol. The van der Waals surface area contributed by atoms with Gasteiger partial charge in [-0.25, -0.2) is 4.79 Å². The maximum absolute atomic E-state index is 10.9. The van der Waals surface area contributed by atoms with Crippen molar-refractivity contribution in [3.05, 3.63) is 23.8 Å². The van der Waals surface area contributed by atoms with E-state index >= 15 is 0 Å². The van der Waals surface area contributed by atoms with Crippen LogP contribution < -0.4 is 5.32 Å². The molecule has 0 spiro atoms. The lowest BCUT2D eigenvalue weighted by atomic mass is 9.80. The molecule has 21 heavy (non-hydrogen) atoms. The van der Waals surface area contributed by atoms with Crippen molar-refractivity contribution in [3.63, 3.8) is 0 Å². The summed E-state index contributed by atoms with van der Waals surface area (Å²) in [6, 6.07) is 5.21. The molecule has 2 unspecified atom stereocenters. The molecule has 0 saturated heterocycles. The fourth-order valence-electron chi connectivity index (χ4n) is 3.05. The van der Waals surface area contributed by atoms with Crippen LogP contribution in [-0.2, 0) is 0 Å². The first-order valence-corrected chi connectivity index (χ1v) is 7.51. The average molecular weight is 288 g/mol. The quantitative estimate of drug-likeness (QED) is 0.895. The normalized spacial score (nSPS) is 22.3. The van der Waals surface area contributed by atoms with Gasteiger partial charge in [-0.1, -0.05) is 26.2 Å². The number of aromatic carboxylic acids is 1. The number of carbonyl (C=O) groups is 1. The predicted molar refractivity (Wildman–Crippen MR) is 80.6 cm³/mol. The second kappa shape index (κ2) is 5.76. The first-order valence-electron chi connectivity index (χ1n) is 7.51. The van der Waals surface area contributed by atoms with Crippen molar-refractivity contribution in [2.24, 2.45) is 11.8 Å². The third-order valence-corrected chi connectivity index (χ3v) is 4.44. The predicted octanol–water partition coefficient (Wildman–Crippen LogP) is 3.76. The van der Waals surface area contributed by atoms with Crippen LogP contribution in [0.4, 0.5) is 6.01 Å². The molecule has 1 saturated carbocycles. The minimum absolute atomic E-state index is 0.214. The second-order valence-electron chi connectivity index (χ2n) is 5.91. The van der Waals surface area contributed by atoms with Gasteiger partial charge >= 0.3 is 5.97 Å². The molecule has 0 bridgehead atoms. The van der Waals surface area contributed by atoms with Crippen molar-refractivity contribution in [1.82, 2.24) is 4.98 Å². The zero-order chi connectivity index (χ0) is 14.8.